The Hall–Kier alpha value is -1.99. The van der Waals surface area contributed by atoms with E-state index in [1.165, 1.54) is 0 Å². The lowest BCUT2D eigenvalue weighted by molar-refractivity contribution is -0.123. The van der Waals surface area contributed by atoms with Gasteiger partial charge in [-0.3, -0.25) is 14.1 Å². The van der Waals surface area contributed by atoms with E-state index in [4.69, 9.17) is 0 Å². The first-order valence-electron chi connectivity index (χ1n) is 7.18. The first-order valence-corrected chi connectivity index (χ1v) is 7.18. The molecule has 1 aliphatic heterocycles. The average molecular weight is 289 g/mol. The van der Waals surface area contributed by atoms with Gasteiger partial charge in [-0.1, -0.05) is 6.07 Å². The van der Waals surface area contributed by atoms with Crippen LogP contribution in [0.25, 0.3) is 5.65 Å². The number of pyridine rings is 1. The van der Waals surface area contributed by atoms with Crippen LogP contribution in [0.3, 0.4) is 0 Å². The predicted octanol–water partition coefficient (Wildman–Crippen LogP) is -0.198. The molecule has 1 amide bonds. The van der Waals surface area contributed by atoms with Gasteiger partial charge in [0.15, 0.2) is 11.5 Å². The minimum absolute atomic E-state index is 0.0585. The van der Waals surface area contributed by atoms with E-state index >= 15 is 0 Å². The summed E-state index contributed by atoms with van der Waals surface area (Å²) in [6.07, 6.45) is 3.32. The van der Waals surface area contributed by atoms with Gasteiger partial charge in [0.25, 0.3) is 0 Å². The van der Waals surface area contributed by atoms with Crippen molar-refractivity contribution in [2.75, 3.05) is 19.6 Å². The highest BCUT2D eigenvalue weighted by atomic mass is 16.3. The van der Waals surface area contributed by atoms with Gasteiger partial charge in [0.1, 0.15) is 0 Å². The van der Waals surface area contributed by atoms with Gasteiger partial charge in [-0.15, -0.1) is 10.2 Å². The number of β-amino-alcohol motifs (C(OH)–C–C–N with tert-alkyl or cyclic N) is 1. The maximum Gasteiger partial charge on any atom is 0.234 e. The molecule has 0 aromatic carbocycles. The van der Waals surface area contributed by atoms with E-state index in [0.717, 1.165) is 25.0 Å². The number of amides is 1. The summed E-state index contributed by atoms with van der Waals surface area (Å²) in [7, 11) is 0. The number of piperidine rings is 1. The molecule has 3 rings (SSSR count). The van der Waals surface area contributed by atoms with Crippen LogP contribution >= 0.6 is 0 Å². The second-order valence-corrected chi connectivity index (χ2v) is 5.35. The number of nitrogens with one attached hydrogen (secondary N) is 1. The third-order valence-corrected chi connectivity index (χ3v) is 3.68. The van der Waals surface area contributed by atoms with Gasteiger partial charge < -0.3 is 10.4 Å². The van der Waals surface area contributed by atoms with Crippen LogP contribution in [-0.4, -0.2) is 56.2 Å². The van der Waals surface area contributed by atoms with Gasteiger partial charge in [-0.05, 0) is 31.5 Å². The van der Waals surface area contributed by atoms with Crippen molar-refractivity contribution < 1.29 is 9.90 Å². The molecule has 0 aliphatic carbocycles. The topological polar surface area (TPSA) is 82.8 Å². The molecule has 1 aliphatic rings. The second-order valence-electron chi connectivity index (χ2n) is 5.35. The fourth-order valence-corrected chi connectivity index (χ4v) is 2.62. The summed E-state index contributed by atoms with van der Waals surface area (Å²) in [6, 6.07) is 5.66. The number of nitrogens with zero attached hydrogens (tertiary/aromatic N) is 4. The molecule has 7 heteroatoms. The number of rotatable bonds is 4. The molecule has 112 valence electrons. The van der Waals surface area contributed by atoms with E-state index in [9.17, 15) is 9.90 Å². The van der Waals surface area contributed by atoms with Crippen LogP contribution in [0.5, 0.6) is 0 Å². The zero-order valence-corrected chi connectivity index (χ0v) is 11.8. The maximum atomic E-state index is 12.0. The lowest BCUT2D eigenvalue weighted by atomic mass is 10.1. The van der Waals surface area contributed by atoms with Crippen molar-refractivity contribution in [1.82, 2.24) is 24.8 Å². The summed E-state index contributed by atoms with van der Waals surface area (Å²) in [4.78, 5) is 13.9. The number of carbonyl (C=O) groups excluding carboxylic acids is 1. The van der Waals surface area contributed by atoms with Crippen LogP contribution in [0.15, 0.2) is 24.4 Å². The van der Waals surface area contributed by atoms with E-state index in [2.05, 4.69) is 15.5 Å². The largest absolute Gasteiger partial charge is 0.392 e. The highest BCUT2D eigenvalue weighted by Gasteiger charge is 2.19. The molecule has 2 aromatic heterocycles. The first kappa shape index (κ1) is 14.0. The lowest BCUT2D eigenvalue weighted by Gasteiger charge is -2.29. The fourth-order valence-electron chi connectivity index (χ4n) is 2.62. The summed E-state index contributed by atoms with van der Waals surface area (Å²) in [5.41, 5.74) is 0.765. The molecule has 1 unspecified atom stereocenters. The second kappa shape index (κ2) is 6.19. The molecule has 0 saturated carbocycles. The third-order valence-electron chi connectivity index (χ3n) is 3.68. The van der Waals surface area contributed by atoms with Crippen LogP contribution in [0.2, 0.25) is 0 Å². The Morgan fingerprint density at radius 1 is 1.43 bits per heavy atom. The number of fused-ring (bicyclic) bond motifs is 1. The molecule has 0 radical (unpaired) electrons. The monoisotopic (exact) mass is 289 g/mol. The zero-order valence-electron chi connectivity index (χ0n) is 11.8. The highest BCUT2D eigenvalue weighted by Crippen LogP contribution is 2.09. The van der Waals surface area contributed by atoms with Crippen molar-refractivity contribution in [3.05, 3.63) is 30.2 Å². The average Bonchev–Trinajstić information content (AvgIpc) is 2.88. The van der Waals surface area contributed by atoms with Crippen molar-refractivity contribution >= 4 is 11.6 Å². The van der Waals surface area contributed by atoms with Crippen molar-refractivity contribution in [2.24, 2.45) is 0 Å². The molecule has 1 fully saturated rings. The SMILES string of the molecule is O=C(CN1CCCC(O)C1)NCc1nnc2ccccn12. The summed E-state index contributed by atoms with van der Waals surface area (Å²) < 4.78 is 1.85. The number of aliphatic hydroxyl groups is 1. The summed E-state index contributed by atoms with van der Waals surface area (Å²) in [5, 5.41) is 20.6. The Labute approximate surface area is 122 Å². The smallest absolute Gasteiger partial charge is 0.234 e. The summed E-state index contributed by atoms with van der Waals surface area (Å²) in [6.45, 7) is 2.09. The molecule has 21 heavy (non-hydrogen) atoms. The number of aliphatic hydroxyl groups excluding tert-OH is 1. The minimum atomic E-state index is -0.313. The van der Waals surface area contributed by atoms with Gasteiger partial charge in [-0.2, -0.15) is 0 Å². The standard InChI is InChI=1S/C14H19N5O2/c20-11-4-3-6-18(9-11)10-14(21)15-8-13-17-16-12-5-1-2-7-19(12)13/h1-2,5,7,11,20H,3-4,6,8-10H2,(H,15,21). The van der Waals surface area contributed by atoms with E-state index in [1.807, 2.05) is 33.7 Å². The Morgan fingerprint density at radius 2 is 2.33 bits per heavy atom. The molecule has 1 saturated heterocycles. The Balaban J connectivity index is 1.54. The molecular weight excluding hydrogens is 270 g/mol. The van der Waals surface area contributed by atoms with E-state index < -0.39 is 0 Å². The Kier molecular flexibility index (Phi) is 4.12. The van der Waals surface area contributed by atoms with E-state index in [1.54, 1.807) is 0 Å². The van der Waals surface area contributed by atoms with Crippen molar-refractivity contribution in [1.29, 1.82) is 0 Å². The Bertz CT molecular complexity index is 627. The van der Waals surface area contributed by atoms with Crippen LogP contribution in [0.1, 0.15) is 18.7 Å². The quantitative estimate of drug-likeness (QED) is 0.814. The number of hydrogen-bond acceptors (Lipinski definition) is 5. The third kappa shape index (κ3) is 3.37. The molecule has 7 nitrogen and oxygen atoms in total. The lowest BCUT2D eigenvalue weighted by Crippen LogP contribution is -2.44. The predicted molar refractivity (Wildman–Crippen MR) is 76.5 cm³/mol. The van der Waals surface area contributed by atoms with Gasteiger partial charge in [-0.25, -0.2) is 0 Å². The van der Waals surface area contributed by atoms with Gasteiger partial charge >= 0.3 is 0 Å². The maximum absolute atomic E-state index is 12.0. The van der Waals surface area contributed by atoms with E-state index in [0.29, 0.717) is 25.5 Å². The number of likely N-dealkylation sites (tertiary alicyclic amines) is 1. The van der Waals surface area contributed by atoms with Crippen molar-refractivity contribution in [3.63, 3.8) is 0 Å². The molecule has 0 spiro atoms. The molecule has 2 N–H and O–H groups in total. The highest BCUT2D eigenvalue weighted by molar-refractivity contribution is 5.77. The van der Waals surface area contributed by atoms with Gasteiger partial charge in [0.2, 0.25) is 5.91 Å². The minimum Gasteiger partial charge on any atom is -0.392 e. The molecule has 1 atom stereocenters. The normalized spacial score (nSPS) is 19.8. The van der Waals surface area contributed by atoms with Crippen LogP contribution in [0.4, 0.5) is 0 Å². The number of aromatic nitrogens is 3. The Morgan fingerprint density at radius 3 is 3.19 bits per heavy atom. The van der Waals surface area contributed by atoms with E-state index in [-0.39, 0.29) is 12.0 Å². The van der Waals surface area contributed by atoms with Gasteiger partial charge in [0.05, 0.1) is 19.2 Å². The van der Waals surface area contributed by atoms with Crippen LogP contribution in [-0.2, 0) is 11.3 Å². The van der Waals surface area contributed by atoms with Crippen molar-refractivity contribution in [3.8, 4) is 0 Å². The molecule has 2 aromatic rings. The number of hydrogen-bond donors (Lipinski definition) is 2. The first-order chi connectivity index (χ1) is 10.2. The zero-order chi connectivity index (χ0) is 14.7. The summed E-state index contributed by atoms with van der Waals surface area (Å²) in [5.74, 6) is 0.648. The van der Waals surface area contributed by atoms with Crippen molar-refractivity contribution in [2.45, 2.75) is 25.5 Å². The molecule has 3 heterocycles. The van der Waals surface area contributed by atoms with Crippen LogP contribution < -0.4 is 5.32 Å². The van der Waals surface area contributed by atoms with Gasteiger partial charge in [0, 0.05) is 12.7 Å². The number of carbonyl (C=O) groups is 1. The fraction of sp³-hybridized carbons (Fsp3) is 0.500. The van der Waals surface area contributed by atoms with Crippen LogP contribution in [0, 0.1) is 0 Å². The molecule has 0 bridgehead atoms. The molecular formula is C14H19N5O2. The summed E-state index contributed by atoms with van der Waals surface area (Å²) >= 11 is 0.